The molecule has 2 nitrogen and oxygen atoms in total. The fourth-order valence-electron chi connectivity index (χ4n) is 1.52. The smallest absolute Gasteiger partial charge is 0.115 e. The van der Waals surface area contributed by atoms with Gasteiger partial charge in [-0.3, -0.25) is 0 Å². The maximum Gasteiger partial charge on any atom is 0.115 e. The number of aromatic nitrogens is 2. The Balaban J connectivity index is 3.12. The van der Waals surface area contributed by atoms with Crippen molar-refractivity contribution < 1.29 is 0 Å². The topological polar surface area (TPSA) is 25.8 Å². The first-order chi connectivity index (χ1) is 5.66. The van der Waals surface area contributed by atoms with Crippen molar-refractivity contribution in [3.63, 3.8) is 0 Å². The molecule has 12 heavy (non-hydrogen) atoms. The third-order valence-electron chi connectivity index (χ3n) is 2.39. The average Bonchev–Trinajstić information content (AvgIpc) is 2.03. The zero-order chi connectivity index (χ0) is 9.14. The van der Waals surface area contributed by atoms with Gasteiger partial charge in [0.15, 0.2) is 0 Å². The van der Waals surface area contributed by atoms with Gasteiger partial charge in [0.2, 0.25) is 0 Å². The lowest BCUT2D eigenvalue weighted by Gasteiger charge is -2.13. The summed E-state index contributed by atoms with van der Waals surface area (Å²) in [5.74, 6) is 0.575. The van der Waals surface area contributed by atoms with E-state index in [2.05, 4.69) is 37.7 Å². The van der Waals surface area contributed by atoms with Crippen molar-refractivity contribution in [3.05, 3.63) is 23.3 Å². The second kappa shape index (κ2) is 3.65. The largest absolute Gasteiger partial charge is 0.241 e. The molecule has 0 bridgehead atoms. The fourth-order valence-corrected chi connectivity index (χ4v) is 1.52. The van der Waals surface area contributed by atoms with Gasteiger partial charge >= 0.3 is 0 Å². The van der Waals surface area contributed by atoms with Crippen LogP contribution in [-0.2, 0) is 0 Å². The number of nitrogens with zero attached hydrogens (tertiary/aromatic N) is 2. The third-order valence-corrected chi connectivity index (χ3v) is 2.39. The summed E-state index contributed by atoms with van der Waals surface area (Å²) >= 11 is 0. The highest BCUT2D eigenvalue weighted by Gasteiger charge is 2.10. The summed E-state index contributed by atoms with van der Waals surface area (Å²) in [7, 11) is 0. The van der Waals surface area contributed by atoms with Crippen molar-refractivity contribution in [3.8, 4) is 0 Å². The molecule has 1 atom stereocenters. The predicted octanol–water partition coefficient (Wildman–Crippen LogP) is 2.61. The average molecular weight is 164 g/mol. The van der Waals surface area contributed by atoms with E-state index in [1.54, 1.807) is 6.33 Å². The van der Waals surface area contributed by atoms with Crippen molar-refractivity contribution in [2.45, 2.75) is 40.0 Å². The number of aryl methyl sites for hydroxylation is 2. The molecule has 0 radical (unpaired) electrons. The van der Waals surface area contributed by atoms with Gasteiger partial charge in [-0.1, -0.05) is 13.8 Å². The minimum absolute atomic E-state index is 0.575. The second-order valence-corrected chi connectivity index (χ2v) is 3.27. The van der Waals surface area contributed by atoms with Gasteiger partial charge in [0.1, 0.15) is 6.33 Å². The summed E-state index contributed by atoms with van der Waals surface area (Å²) < 4.78 is 0. The normalized spacial score (nSPS) is 13.0. The van der Waals surface area contributed by atoms with Gasteiger partial charge in [0.05, 0.1) is 0 Å². The molecular formula is C10H16N2. The maximum atomic E-state index is 4.20. The van der Waals surface area contributed by atoms with E-state index in [-0.39, 0.29) is 0 Å². The van der Waals surface area contributed by atoms with E-state index in [4.69, 9.17) is 0 Å². The zero-order valence-electron chi connectivity index (χ0n) is 8.26. The molecule has 66 valence electrons. The van der Waals surface area contributed by atoms with E-state index in [1.165, 1.54) is 5.56 Å². The third kappa shape index (κ3) is 1.63. The van der Waals surface area contributed by atoms with Crippen LogP contribution in [0.1, 0.15) is 43.1 Å². The van der Waals surface area contributed by atoms with Crippen LogP contribution in [0.15, 0.2) is 6.33 Å². The fraction of sp³-hybridized carbons (Fsp3) is 0.600. The molecule has 0 aliphatic rings. The van der Waals surface area contributed by atoms with Crippen LogP contribution in [0.25, 0.3) is 0 Å². The number of hydrogen-bond acceptors (Lipinski definition) is 2. The summed E-state index contributed by atoms with van der Waals surface area (Å²) in [5, 5.41) is 0. The number of hydrogen-bond donors (Lipinski definition) is 0. The molecule has 0 saturated carbocycles. The molecule has 0 spiro atoms. The van der Waals surface area contributed by atoms with Gasteiger partial charge in [-0.2, -0.15) is 0 Å². The van der Waals surface area contributed by atoms with E-state index >= 15 is 0 Å². The lowest BCUT2D eigenvalue weighted by Crippen LogP contribution is -2.02. The Hall–Kier alpha value is -0.920. The Morgan fingerprint density at radius 1 is 1.25 bits per heavy atom. The molecule has 0 aliphatic carbocycles. The highest BCUT2D eigenvalue weighted by atomic mass is 14.8. The molecule has 0 aromatic carbocycles. The standard InChI is InChI=1S/C10H16N2/c1-5-7(2)10-8(3)11-6-12-9(10)4/h6-7H,5H2,1-4H3. The molecule has 0 N–H and O–H groups in total. The minimum Gasteiger partial charge on any atom is -0.241 e. The Morgan fingerprint density at radius 3 is 2.17 bits per heavy atom. The van der Waals surface area contributed by atoms with Crippen molar-refractivity contribution in [1.29, 1.82) is 0 Å². The van der Waals surface area contributed by atoms with Gasteiger partial charge in [0, 0.05) is 11.4 Å². The summed E-state index contributed by atoms with van der Waals surface area (Å²) in [6.07, 6.45) is 2.78. The van der Waals surface area contributed by atoms with Crippen molar-refractivity contribution in [2.24, 2.45) is 0 Å². The molecule has 1 heterocycles. The summed E-state index contributed by atoms with van der Waals surface area (Å²) in [5.41, 5.74) is 3.56. The summed E-state index contributed by atoms with van der Waals surface area (Å²) in [6.45, 7) is 8.52. The van der Waals surface area contributed by atoms with Gasteiger partial charge in [-0.05, 0) is 31.7 Å². The first-order valence-electron chi connectivity index (χ1n) is 4.44. The van der Waals surface area contributed by atoms with Gasteiger partial charge < -0.3 is 0 Å². The Bertz CT molecular complexity index is 248. The minimum atomic E-state index is 0.575. The van der Waals surface area contributed by atoms with E-state index in [0.717, 1.165) is 17.8 Å². The molecule has 1 unspecified atom stereocenters. The van der Waals surface area contributed by atoms with Crippen LogP contribution < -0.4 is 0 Å². The lowest BCUT2D eigenvalue weighted by molar-refractivity contribution is 0.707. The van der Waals surface area contributed by atoms with Crippen LogP contribution in [0.2, 0.25) is 0 Å². The van der Waals surface area contributed by atoms with Crippen molar-refractivity contribution in [1.82, 2.24) is 9.97 Å². The number of rotatable bonds is 2. The highest BCUT2D eigenvalue weighted by Crippen LogP contribution is 2.22. The van der Waals surface area contributed by atoms with Crippen LogP contribution in [-0.4, -0.2) is 9.97 Å². The molecule has 1 rings (SSSR count). The van der Waals surface area contributed by atoms with Crippen molar-refractivity contribution in [2.75, 3.05) is 0 Å². The Labute approximate surface area is 74.1 Å². The summed E-state index contributed by atoms with van der Waals surface area (Å²) in [4.78, 5) is 8.40. The van der Waals surface area contributed by atoms with Gasteiger partial charge in [-0.15, -0.1) is 0 Å². The Morgan fingerprint density at radius 2 is 1.75 bits per heavy atom. The zero-order valence-corrected chi connectivity index (χ0v) is 8.26. The Kier molecular flexibility index (Phi) is 2.79. The molecule has 0 amide bonds. The SMILES string of the molecule is CCC(C)c1c(C)ncnc1C. The lowest BCUT2D eigenvalue weighted by atomic mass is 9.96. The van der Waals surface area contributed by atoms with Crippen LogP contribution in [0, 0.1) is 13.8 Å². The first kappa shape index (κ1) is 9.17. The van der Waals surface area contributed by atoms with Crippen molar-refractivity contribution >= 4 is 0 Å². The van der Waals surface area contributed by atoms with Crippen LogP contribution in [0.3, 0.4) is 0 Å². The van der Waals surface area contributed by atoms with Crippen LogP contribution >= 0.6 is 0 Å². The van der Waals surface area contributed by atoms with E-state index in [9.17, 15) is 0 Å². The second-order valence-electron chi connectivity index (χ2n) is 3.27. The van der Waals surface area contributed by atoms with E-state index < -0.39 is 0 Å². The van der Waals surface area contributed by atoms with E-state index in [1.807, 2.05) is 0 Å². The van der Waals surface area contributed by atoms with E-state index in [0.29, 0.717) is 5.92 Å². The molecule has 0 aliphatic heterocycles. The molecular weight excluding hydrogens is 148 g/mol. The van der Waals surface area contributed by atoms with Gasteiger partial charge in [-0.25, -0.2) is 9.97 Å². The van der Waals surface area contributed by atoms with Crippen LogP contribution in [0.5, 0.6) is 0 Å². The van der Waals surface area contributed by atoms with Gasteiger partial charge in [0.25, 0.3) is 0 Å². The van der Waals surface area contributed by atoms with Crippen LogP contribution in [0.4, 0.5) is 0 Å². The predicted molar refractivity (Wildman–Crippen MR) is 50.2 cm³/mol. The molecule has 0 fully saturated rings. The maximum absolute atomic E-state index is 4.20. The quantitative estimate of drug-likeness (QED) is 0.671. The monoisotopic (exact) mass is 164 g/mol. The first-order valence-corrected chi connectivity index (χ1v) is 4.44. The molecule has 1 aromatic heterocycles. The molecule has 2 heteroatoms. The highest BCUT2D eigenvalue weighted by molar-refractivity contribution is 5.26. The molecule has 0 saturated heterocycles. The summed E-state index contributed by atoms with van der Waals surface area (Å²) in [6, 6.07) is 0. The molecule has 1 aromatic rings.